The molecular weight excluding hydrogens is 292 g/mol. The molecule has 2 nitrogen and oxygen atoms in total. The summed E-state index contributed by atoms with van der Waals surface area (Å²) in [6.45, 7) is 6.71. The standard InChI is InChI=1S/C22H23N2/c1-15(2)24-21-14-18-11-7-6-10-17(18)13-20(21)23(4)22(24)19-12-8-5-9-16(19)3/h5-15H,1-4H3/q+1. The Morgan fingerprint density at radius 1 is 0.875 bits per heavy atom. The third-order valence-electron chi connectivity index (χ3n) is 4.91. The molecule has 0 amide bonds. The van der Waals surface area contributed by atoms with E-state index in [1.165, 1.54) is 38.8 Å². The Morgan fingerprint density at radius 2 is 1.50 bits per heavy atom. The summed E-state index contributed by atoms with van der Waals surface area (Å²) in [5.74, 6) is 1.27. The number of hydrogen-bond acceptors (Lipinski definition) is 0. The van der Waals surface area contributed by atoms with Crippen LogP contribution in [0.5, 0.6) is 0 Å². The van der Waals surface area contributed by atoms with Crippen LogP contribution in [0.3, 0.4) is 0 Å². The largest absolute Gasteiger partial charge is 0.290 e. The normalized spacial score (nSPS) is 11.7. The van der Waals surface area contributed by atoms with Gasteiger partial charge in [0.05, 0.1) is 18.7 Å². The first kappa shape index (κ1) is 14.9. The Hall–Kier alpha value is -2.61. The van der Waals surface area contributed by atoms with Gasteiger partial charge in [0.2, 0.25) is 0 Å². The number of rotatable bonds is 2. The molecule has 1 aromatic heterocycles. The molecule has 120 valence electrons. The van der Waals surface area contributed by atoms with E-state index in [0.29, 0.717) is 6.04 Å². The molecule has 0 fully saturated rings. The van der Waals surface area contributed by atoms with E-state index < -0.39 is 0 Å². The van der Waals surface area contributed by atoms with Gasteiger partial charge in [-0.05, 0) is 55.3 Å². The predicted octanol–water partition coefficient (Wildman–Crippen LogP) is 5.18. The molecule has 0 saturated heterocycles. The maximum absolute atomic E-state index is 2.46. The highest BCUT2D eigenvalue weighted by molar-refractivity contribution is 5.95. The SMILES string of the molecule is Cc1ccccc1-c1n(C(C)C)c2cc3ccccc3cc2[n+]1C. The molecule has 3 aromatic carbocycles. The molecule has 0 unspecified atom stereocenters. The molecule has 0 radical (unpaired) electrons. The van der Waals surface area contributed by atoms with Crippen molar-refractivity contribution in [2.24, 2.45) is 7.05 Å². The lowest BCUT2D eigenvalue weighted by Gasteiger charge is -2.08. The van der Waals surface area contributed by atoms with Crippen LogP contribution < -0.4 is 4.57 Å². The molecule has 0 aliphatic carbocycles. The van der Waals surface area contributed by atoms with Gasteiger partial charge in [0, 0.05) is 0 Å². The summed E-state index contributed by atoms with van der Waals surface area (Å²) >= 11 is 0. The zero-order chi connectivity index (χ0) is 16.8. The third-order valence-corrected chi connectivity index (χ3v) is 4.91. The Balaban J connectivity index is 2.17. The summed E-state index contributed by atoms with van der Waals surface area (Å²) in [5, 5.41) is 2.58. The average molecular weight is 315 g/mol. The Kier molecular flexibility index (Phi) is 3.42. The maximum atomic E-state index is 2.46. The van der Waals surface area contributed by atoms with Crippen LogP contribution >= 0.6 is 0 Å². The maximum Gasteiger partial charge on any atom is 0.290 e. The van der Waals surface area contributed by atoms with Gasteiger partial charge in [0.15, 0.2) is 11.0 Å². The van der Waals surface area contributed by atoms with Crippen molar-refractivity contribution in [3.05, 3.63) is 66.2 Å². The van der Waals surface area contributed by atoms with Crippen molar-refractivity contribution >= 4 is 21.8 Å². The second-order valence-electron chi connectivity index (χ2n) is 6.85. The van der Waals surface area contributed by atoms with Crippen LogP contribution in [-0.4, -0.2) is 4.57 Å². The van der Waals surface area contributed by atoms with Gasteiger partial charge in [0.1, 0.15) is 0 Å². The number of nitrogens with zero attached hydrogens (tertiary/aromatic N) is 2. The summed E-state index contributed by atoms with van der Waals surface area (Å²) in [5.41, 5.74) is 5.18. The Bertz CT molecular complexity index is 1050. The van der Waals surface area contributed by atoms with Gasteiger partial charge in [-0.3, -0.25) is 0 Å². The molecule has 2 heteroatoms. The number of hydrogen-bond donors (Lipinski definition) is 0. The molecule has 0 bridgehead atoms. The first-order chi connectivity index (χ1) is 11.6. The van der Waals surface area contributed by atoms with Crippen molar-refractivity contribution in [3.8, 4) is 11.4 Å². The van der Waals surface area contributed by atoms with E-state index >= 15 is 0 Å². The van der Waals surface area contributed by atoms with E-state index in [-0.39, 0.29) is 0 Å². The lowest BCUT2D eigenvalue weighted by atomic mass is 10.1. The fraction of sp³-hybridized carbons (Fsp3) is 0.227. The van der Waals surface area contributed by atoms with Crippen LogP contribution in [-0.2, 0) is 7.05 Å². The van der Waals surface area contributed by atoms with Crippen molar-refractivity contribution in [3.63, 3.8) is 0 Å². The second kappa shape index (κ2) is 5.48. The highest BCUT2D eigenvalue weighted by Gasteiger charge is 2.27. The van der Waals surface area contributed by atoms with Gasteiger partial charge in [-0.15, -0.1) is 0 Å². The van der Waals surface area contributed by atoms with Crippen LogP contribution in [0.25, 0.3) is 33.2 Å². The smallest absolute Gasteiger partial charge is 0.226 e. The minimum atomic E-state index is 0.393. The monoisotopic (exact) mass is 315 g/mol. The Labute approximate surface area is 143 Å². The fourth-order valence-corrected chi connectivity index (χ4v) is 3.72. The predicted molar refractivity (Wildman–Crippen MR) is 101 cm³/mol. The molecule has 0 saturated carbocycles. The zero-order valence-corrected chi connectivity index (χ0v) is 14.7. The molecule has 0 atom stereocenters. The second-order valence-corrected chi connectivity index (χ2v) is 6.85. The van der Waals surface area contributed by atoms with Crippen LogP contribution in [0.15, 0.2) is 60.7 Å². The Morgan fingerprint density at radius 3 is 2.17 bits per heavy atom. The van der Waals surface area contributed by atoms with Crippen molar-refractivity contribution in [1.82, 2.24) is 4.57 Å². The molecular formula is C22H23N2+. The lowest BCUT2D eigenvalue weighted by Crippen LogP contribution is -2.30. The van der Waals surface area contributed by atoms with E-state index in [9.17, 15) is 0 Å². The van der Waals surface area contributed by atoms with E-state index in [1.807, 2.05) is 0 Å². The van der Waals surface area contributed by atoms with Crippen molar-refractivity contribution in [2.45, 2.75) is 26.8 Å². The number of aryl methyl sites for hydroxylation is 2. The first-order valence-corrected chi connectivity index (χ1v) is 8.56. The highest BCUT2D eigenvalue weighted by atomic mass is 15.2. The van der Waals surface area contributed by atoms with E-state index in [2.05, 4.69) is 97.6 Å². The summed E-state index contributed by atoms with van der Waals surface area (Å²) in [7, 11) is 2.18. The number of aromatic nitrogens is 2. The lowest BCUT2D eigenvalue weighted by molar-refractivity contribution is -0.634. The molecule has 0 spiro atoms. The van der Waals surface area contributed by atoms with Gasteiger partial charge in [0.25, 0.3) is 5.82 Å². The third kappa shape index (κ3) is 2.14. The van der Waals surface area contributed by atoms with E-state index in [0.717, 1.165) is 0 Å². The fourth-order valence-electron chi connectivity index (χ4n) is 3.72. The van der Waals surface area contributed by atoms with Crippen LogP contribution in [0, 0.1) is 6.92 Å². The van der Waals surface area contributed by atoms with Crippen molar-refractivity contribution in [1.29, 1.82) is 0 Å². The number of fused-ring (bicyclic) bond motifs is 2. The number of benzene rings is 3. The van der Waals surface area contributed by atoms with Gasteiger partial charge in [-0.2, -0.15) is 0 Å². The van der Waals surface area contributed by atoms with Gasteiger partial charge < -0.3 is 0 Å². The van der Waals surface area contributed by atoms with E-state index in [1.54, 1.807) is 0 Å². The highest BCUT2D eigenvalue weighted by Crippen LogP contribution is 2.30. The van der Waals surface area contributed by atoms with Gasteiger partial charge >= 0.3 is 0 Å². The molecule has 24 heavy (non-hydrogen) atoms. The minimum absolute atomic E-state index is 0.393. The summed E-state index contributed by atoms with van der Waals surface area (Å²) in [4.78, 5) is 0. The minimum Gasteiger partial charge on any atom is -0.226 e. The van der Waals surface area contributed by atoms with Gasteiger partial charge in [-0.1, -0.05) is 42.5 Å². The van der Waals surface area contributed by atoms with Crippen LogP contribution in [0.2, 0.25) is 0 Å². The van der Waals surface area contributed by atoms with Crippen LogP contribution in [0.4, 0.5) is 0 Å². The average Bonchev–Trinajstić information content (AvgIpc) is 2.86. The molecule has 4 rings (SSSR count). The summed E-state index contributed by atoms with van der Waals surface area (Å²) in [6.07, 6.45) is 0. The zero-order valence-electron chi connectivity index (χ0n) is 14.7. The molecule has 1 heterocycles. The topological polar surface area (TPSA) is 8.81 Å². The quantitative estimate of drug-likeness (QED) is 0.451. The van der Waals surface area contributed by atoms with Crippen LogP contribution in [0.1, 0.15) is 25.5 Å². The first-order valence-electron chi connectivity index (χ1n) is 8.56. The molecule has 0 N–H and O–H groups in total. The summed E-state index contributed by atoms with van der Waals surface area (Å²) in [6, 6.07) is 22.3. The summed E-state index contributed by atoms with van der Waals surface area (Å²) < 4.78 is 4.80. The van der Waals surface area contributed by atoms with Crippen molar-refractivity contribution in [2.75, 3.05) is 0 Å². The number of imidazole rings is 1. The molecule has 0 aliphatic heterocycles. The molecule has 4 aromatic rings. The molecule has 0 aliphatic rings. The van der Waals surface area contributed by atoms with Crippen molar-refractivity contribution < 1.29 is 4.57 Å². The van der Waals surface area contributed by atoms with E-state index in [4.69, 9.17) is 0 Å². The van der Waals surface area contributed by atoms with Gasteiger partial charge in [-0.25, -0.2) is 9.13 Å².